The Morgan fingerprint density at radius 3 is 2.41 bits per heavy atom. The summed E-state index contributed by atoms with van der Waals surface area (Å²) in [4.78, 5) is 11.1. The maximum absolute atomic E-state index is 11.1. The largest absolute Gasteiger partial charge is 0.354 e. The number of rotatable bonds is 3. The molecule has 0 aromatic carbocycles. The van der Waals surface area contributed by atoms with Gasteiger partial charge < -0.3 is 5.32 Å². The van der Waals surface area contributed by atoms with Gasteiger partial charge in [-0.1, -0.05) is 44.9 Å². The van der Waals surface area contributed by atoms with Crippen molar-refractivity contribution in [3.05, 3.63) is 0 Å². The van der Waals surface area contributed by atoms with Crippen LogP contribution in [0.3, 0.4) is 0 Å². The third-order valence-electron chi connectivity index (χ3n) is 4.58. The molecule has 2 atom stereocenters. The van der Waals surface area contributed by atoms with E-state index in [0.717, 1.165) is 11.8 Å². The normalized spacial score (nSPS) is 31.1. The molecule has 1 N–H and O–H groups in total. The number of amides is 1. The molecule has 0 heterocycles. The van der Waals surface area contributed by atoms with Gasteiger partial charge >= 0.3 is 0 Å². The van der Waals surface area contributed by atoms with Crippen molar-refractivity contribution < 1.29 is 4.79 Å². The Hall–Kier alpha value is -0.530. The SMILES string of the molecule is CC(=O)NC1CCCC(CC2CCCCC2)C1. The van der Waals surface area contributed by atoms with Gasteiger partial charge in [0.15, 0.2) is 0 Å². The molecule has 2 unspecified atom stereocenters. The first-order chi connectivity index (χ1) is 8.24. The highest BCUT2D eigenvalue weighted by Gasteiger charge is 2.25. The number of carbonyl (C=O) groups excluding carboxylic acids is 1. The van der Waals surface area contributed by atoms with Crippen LogP contribution in [-0.4, -0.2) is 11.9 Å². The van der Waals surface area contributed by atoms with Gasteiger partial charge in [0, 0.05) is 13.0 Å². The van der Waals surface area contributed by atoms with Crippen molar-refractivity contribution in [2.24, 2.45) is 11.8 Å². The number of nitrogens with one attached hydrogen (secondary N) is 1. The van der Waals surface area contributed by atoms with Crippen LogP contribution >= 0.6 is 0 Å². The molecule has 2 nitrogen and oxygen atoms in total. The lowest BCUT2D eigenvalue weighted by atomic mass is 9.76. The third-order valence-corrected chi connectivity index (χ3v) is 4.58. The molecule has 0 radical (unpaired) electrons. The standard InChI is InChI=1S/C15H27NO/c1-12(17)16-15-9-5-8-14(11-15)10-13-6-3-2-4-7-13/h13-15H,2-11H2,1H3,(H,16,17). The predicted molar refractivity (Wildman–Crippen MR) is 70.8 cm³/mol. The molecule has 2 fully saturated rings. The van der Waals surface area contributed by atoms with Crippen LogP contribution in [0, 0.1) is 11.8 Å². The van der Waals surface area contributed by atoms with E-state index in [0.29, 0.717) is 6.04 Å². The van der Waals surface area contributed by atoms with Crippen LogP contribution in [0.1, 0.15) is 71.1 Å². The van der Waals surface area contributed by atoms with Gasteiger partial charge in [-0.05, 0) is 31.1 Å². The molecular weight excluding hydrogens is 210 g/mol. The van der Waals surface area contributed by atoms with Gasteiger partial charge in [0.25, 0.3) is 0 Å². The molecule has 0 aromatic rings. The Morgan fingerprint density at radius 2 is 1.71 bits per heavy atom. The zero-order chi connectivity index (χ0) is 12.1. The lowest BCUT2D eigenvalue weighted by Crippen LogP contribution is -2.37. The molecule has 2 saturated carbocycles. The Bertz CT molecular complexity index is 245. The van der Waals surface area contributed by atoms with Crippen LogP contribution in [-0.2, 0) is 4.79 Å². The van der Waals surface area contributed by atoms with Crippen molar-refractivity contribution in [2.45, 2.75) is 77.2 Å². The minimum absolute atomic E-state index is 0.147. The van der Waals surface area contributed by atoms with Crippen molar-refractivity contribution in [2.75, 3.05) is 0 Å². The van der Waals surface area contributed by atoms with Gasteiger partial charge in [-0.2, -0.15) is 0 Å². The van der Waals surface area contributed by atoms with E-state index >= 15 is 0 Å². The van der Waals surface area contributed by atoms with E-state index in [1.807, 2.05) is 0 Å². The van der Waals surface area contributed by atoms with Gasteiger partial charge in [0.05, 0.1) is 0 Å². The lowest BCUT2D eigenvalue weighted by molar-refractivity contribution is -0.119. The van der Waals surface area contributed by atoms with E-state index in [1.165, 1.54) is 64.2 Å². The summed E-state index contributed by atoms with van der Waals surface area (Å²) in [6.45, 7) is 1.64. The van der Waals surface area contributed by atoms with Crippen molar-refractivity contribution in [3.8, 4) is 0 Å². The highest BCUT2D eigenvalue weighted by molar-refractivity contribution is 5.73. The Balaban J connectivity index is 1.74. The second-order valence-electron chi connectivity index (χ2n) is 6.17. The molecule has 17 heavy (non-hydrogen) atoms. The van der Waals surface area contributed by atoms with E-state index in [-0.39, 0.29) is 5.91 Å². The molecule has 0 bridgehead atoms. The van der Waals surface area contributed by atoms with Gasteiger partial charge in [-0.15, -0.1) is 0 Å². The number of hydrogen-bond acceptors (Lipinski definition) is 1. The fourth-order valence-electron chi connectivity index (χ4n) is 3.82. The Kier molecular flexibility index (Phi) is 4.87. The molecular formula is C15H27NO. The van der Waals surface area contributed by atoms with Crippen molar-refractivity contribution >= 4 is 5.91 Å². The van der Waals surface area contributed by atoms with Gasteiger partial charge in [0.2, 0.25) is 5.91 Å². The average molecular weight is 237 g/mol. The summed E-state index contributed by atoms with van der Waals surface area (Å²) in [5.41, 5.74) is 0. The van der Waals surface area contributed by atoms with E-state index in [2.05, 4.69) is 5.32 Å². The lowest BCUT2D eigenvalue weighted by Gasteiger charge is -2.33. The summed E-state index contributed by atoms with van der Waals surface area (Å²) in [6, 6.07) is 0.467. The second kappa shape index (κ2) is 6.42. The fourth-order valence-corrected chi connectivity index (χ4v) is 3.82. The van der Waals surface area contributed by atoms with Crippen LogP contribution in [0.5, 0.6) is 0 Å². The monoisotopic (exact) mass is 237 g/mol. The smallest absolute Gasteiger partial charge is 0.217 e. The predicted octanol–water partition coefficient (Wildman–Crippen LogP) is 3.65. The Labute approximate surface area is 106 Å². The molecule has 2 heteroatoms. The molecule has 0 spiro atoms. The van der Waals surface area contributed by atoms with E-state index in [9.17, 15) is 4.79 Å². The van der Waals surface area contributed by atoms with Crippen LogP contribution in [0.2, 0.25) is 0 Å². The number of hydrogen-bond donors (Lipinski definition) is 1. The van der Waals surface area contributed by atoms with E-state index in [4.69, 9.17) is 0 Å². The molecule has 0 aromatic heterocycles. The van der Waals surface area contributed by atoms with Gasteiger partial charge in [-0.3, -0.25) is 4.79 Å². The van der Waals surface area contributed by atoms with Crippen LogP contribution < -0.4 is 5.32 Å². The molecule has 0 aliphatic heterocycles. The van der Waals surface area contributed by atoms with Crippen LogP contribution in [0.4, 0.5) is 0 Å². The quantitative estimate of drug-likeness (QED) is 0.797. The first kappa shape index (κ1) is 12.9. The highest BCUT2D eigenvalue weighted by atomic mass is 16.1. The van der Waals surface area contributed by atoms with E-state index in [1.54, 1.807) is 6.92 Å². The van der Waals surface area contributed by atoms with E-state index < -0.39 is 0 Å². The summed E-state index contributed by atoms with van der Waals surface area (Å²) in [5.74, 6) is 2.02. The minimum Gasteiger partial charge on any atom is -0.354 e. The van der Waals surface area contributed by atoms with Crippen LogP contribution in [0.15, 0.2) is 0 Å². The highest BCUT2D eigenvalue weighted by Crippen LogP contribution is 2.35. The fraction of sp³-hybridized carbons (Fsp3) is 0.933. The average Bonchev–Trinajstić information content (AvgIpc) is 2.30. The minimum atomic E-state index is 0.147. The molecule has 0 saturated heterocycles. The maximum Gasteiger partial charge on any atom is 0.217 e. The van der Waals surface area contributed by atoms with Crippen molar-refractivity contribution in [1.29, 1.82) is 0 Å². The summed E-state index contributed by atoms with van der Waals surface area (Å²) in [7, 11) is 0. The van der Waals surface area contributed by atoms with Crippen molar-refractivity contribution in [3.63, 3.8) is 0 Å². The summed E-state index contributed by atoms with van der Waals surface area (Å²) < 4.78 is 0. The van der Waals surface area contributed by atoms with Crippen molar-refractivity contribution in [1.82, 2.24) is 5.32 Å². The summed E-state index contributed by atoms with van der Waals surface area (Å²) >= 11 is 0. The molecule has 2 aliphatic rings. The second-order valence-corrected chi connectivity index (χ2v) is 6.17. The summed E-state index contributed by atoms with van der Waals surface area (Å²) in [6.07, 6.45) is 13.8. The zero-order valence-corrected chi connectivity index (χ0v) is 11.2. The molecule has 2 rings (SSSR count). The first-order valence-electron chi connectivity index (χ1n) is 7.51. The Morgan fingerprint density at radius 1 is 1.00 bits per heavy atom. The van der Waals surface area contributed by atoms with Crippen LogP contribution in [0.25, 0.3) is 0 Å². The topological polar surface area (TPSA) is 29.1 Å². The first-order valence-corrected chi connectivity index (χ1v) is 7.51. The number of carbonyl (C=O) groups is 1. The molecule has 98 valence electrons. The zero-order valence-electron chi connectivity index (χ0n) is 11.2. The van der Waals surface area contributed by atoms with Gasteiger partial charge in [0.1, 0.15) is 0 Å². The third kappa shape index (κ3) is 4.33. The summed E-state index contributed by atoms with van der Waals surface area (Å²) in [5, 5.41) is 3.11. The van der Waals surface area contributed by atoms with Gasteiger partial charge in [-0.25, -0.2) is 0 Å². The molecule has 2 aliphatic carbocycles. The molecule has 1 amide bonds. The maximum atomic E-state index is 11.1.